The Labute approximate surface area is 225 Å². The van der Waals surface area contributed by atoms with Crippen LogP contribution in [0.2, 0.25) is 0 Å². The summed E-state index contributed by atoms with van der Waals surface area (Å²) in [4.78, 5) is 27.9. The third-order valence-corrected chi connectivity index (χ3v) is 7.94. The average molecular weight is 550 g/mol. The van der Waals surface area contributed by atoms with Crippen LogP contribution in [0, 0.1) is 24.0 Å². The number of imidazole rings is 1. The predicted molar refractivity (Wildman–Crippen MR) is 146 cm³/mol. The number of nitro benzene ring substituents is 1. The maximum absolute atomic E-state index is 13.7. The van der Waals surface area contributed by atoms with Crippen molar-refractivity contribution in [2.45, 2.75) is 25.3 Å². The van der Waals surface area contributed by atoms with E-state index in [9.17, 15) is 23.3 Å². The number of hydrogen-bond donors (Lipinski definition) is 1. The zero-order valence-corrected chi connectivity index (χ0v) is 22.4. The summed E-state index contributed by atoms with van der Waals surface area (Å²) < 4.78 is 35.4. The maximum Gasteiger partial charge on any atom is 0.273 e. The monoisotopic (exact) mass is 549 g/mol. The van der Waals surface area contributed by atoms with E-state index < -0.39 is 27.4 Å². The molecule has 0 unspecified atom stereocenters. The highest BCUT2D eigenvalue weighted by atomic mass is 32.2. The molecule has 3 aromatic carbocycles. The van der Waals surface area contributed by atoms with E-state index in [1.54, 1.807) is 18.3 Å². The summed E-state index contributed by atoms with van der Waals surface area (Å²) in [6.45, 7) is 2.97. The summed E-state index contributed by atoms with van der Waals surface area (Å²) in [6, 6.07) is 17.3. The molecule has 1 amide bonds. The van der Waals surface area contributed by atoms with E-state index in [0.717, 1.165) is 27.4 Å². The van der Waals surface area contributed by atoms with Crippen molar-refractivity contribution in [1.29, 1.82) is 0 Å². The van der Waals surface area contributed by atoms with Crippen molar-refractivity contribution in [1.82, 2.24) is 14.9 Å². The zero-order valence-electron chi connectivity index (χ0n) is 21.6. The van der Waals surface area contributed by atoms with Crippen LogP contribution in [0.1, 0.15) is 17.0 Å². The topological polar surface area (TPSA) is 137 Å². The predicted octanol–water partition coefficient (Wildman–Crippen LogP) is 3.92. The molecule has 0 aliphatic rings. The van der Waals surface area contributed by atoms with Gasteiger partial charge in [0.15, 0.2) is 0 Å². The van der Waals surface area contributed by atoms with Crippen LogP contribution in [0.25, 0.3) is 5.69 Å². The Morgan fingerprint density at radius 1 is 1.10 bits per heavy atom. The Morgan fingerprint density at radius 3 is 2.46 bits per heavy atom. The summed E-state index contributed by atoms with van der Waals surface area (Å²) in [5, 5.41) is 14.3. The zero-order chi connectivity index (χ0) is 28.2. The van der Waals surface area contributed by atoms with Gasteiger partial charge in [-0.05, 0) is 55.8 Å². The highest BCUT2D eigenvalue weighted by Gasteiger charge is 2.29. The van der Waals surface area contributed by atoms with E-state index >= 15 is 0 Å². The van der Waals surface area contributed by atoms with Crippen LogP contribution < -0.4 is 14.4 Å². The molecule has 11 nitrogen and oxygen atoms in total. The Kier molecular flexibility index (Phi) is 7.96. The molecule has 4 aromatic rings. The molecule has 0 aliphatic carbocycles. The summed E-state index contributed by atoms with van der Waals surface area (Å²) in [5.74, 6) is 0.712. The number of nitrogens with zero attached hydrogens (tertiary/aromatic N) is 4. The van der Waals surface area contributed by atoms with E-state index in [-0.39, 0.29) is 22.8 Å². The van der Waals surface area contributed by atoms with E-state index in [1.165, 1.54) is 38.3 Å². The molecule has 4 rings (SSSR count). The van der Waals surface area contributed by atoms with Gasteiger partial charge in [-0.1, -0.05) is 24.3 Å². The molecular weight excluding hydrogens is 522 g/mol. The molecular formula is C27H27N5O6S. The van der Waals surface area contributed by atoms with E-state index in [0.29, 0.717) is 11.3 Å². The third-order valence-electron chi connectivity index (χ3n) is 6.17. The number of amides is 1. The molecule has 0 radical (unpaired) electrons. The average Bonchev–Trinajstić information content (AvgIpc) is 3.36. The van der Waals surface area contributed by atoms with Crippen LogP contribution in [0.5, 0.6) is 5.75 Å². The van der Waals surface area contributed by atoms with Gasteiger partial charge in [-0.2, -0.15) is 0 Å². The number of nitrogens with one attached hydrogen (secondary N) is 1. The largest absolute Gasteiger partial charge is 0.497 e. The van der Waals surface area contributed by atoms with Crippen LogP contribution >= 0.6 is 0 Å². The number of sulfonamides is 1. The number of benzene rings is 3. The van der Waals surface area contributed by atoms with Crippen LogP contribution in [0.15, 0.2) is 84.0 Å². The number of anilines is 1. The highest BCUT2D eigenvalue weighted by Crippen LogP contribution is 2.29. The number of ether oxygens (including phenoxy) is 1. The second-order valence-electron chi connectivity index (χ2n) is 8.67. The number of aromatic nitrogens is 2. The molecule has 1 aromatic heterocycles. The Hall–Kier alpha value is -4.71. The summed E-state index contributed by atoms with van der Waals surface area (Å²) in [7, 11) is -2.88. The minimum Gasteiger partial charge on any atom is -0.497 e. The lowest BCUT2D eigenvalue weighted by molar-refractivity contribution is -0.385. The minimum atomic E-state index is -4.36. The lowest BCUT2D eigenvalue weighted by Crippen LogP contribution is -2.40. The Bertz CT molecular complexity index is 1620. The van der Waals surface area contributed by atoms with Gasteiger partial charge in [0.05, 0.1) is 28.3 Å². The first kappa shape index (κ1) is 27.3. The van der Waals surface area contributed by atoms with Crippen molar-refractivity contribution in [3.63, 3.8) is 0 Å². The smallest absolute Gasteiger partial charge is 0.273 e. The van der Waals surface area contributed by atoms with Crippen molar-refractivity contribution in [3.8, 4) is 11.4 Å². The first-order chi connectivity index (χ1) is 18.6. The number of hydrogen-bond acceptors (Lipinski definition) is 7. The van der Waals surface area contributed by atoms with E-state index in [1.807, 2.05) is 42.0 Å². The number of carbonyl (C=O) groups is 1. The molecule has 0 aliphatic heterocycles. The molecule has 1 heterocycles. The highest BCUT2D eigenvalue weighted by molar-refractivity contribution is 7.92. The minimum absolute atomic E-state index is 0.138. The van der Waals surface area contributed by atoms with Crippen LogP contribution in [0.4, 0.5) is 11.4 Å². The molecule has 12 heteroatoms. The Balaban J connectivity index is 1.63. The fraction of sp³-hybridized carbons (Fsp3) is 0.185. The quantitative estimate of drug-likeness (QED) is 0.234. The van der Waals surface area contributed by atoms with Crippen molar-refractivity contribution < 1.29 is 22.9 Å². The molecule has 0 saturated heterocycles. The van der Waals surface area contributed by atoms with Gasteiger partial charge in [-0.3, -0.25) is 19.2 Å². The number of carbonyl (C=O) groups excluding carboxylic acids is 1. The van der Waals surface area contributed by atoms with Crippen LogP contribution in [-0.2, 0) is 21.4 Å². The molecule has 0 spiro atoms. The maximum atomic E-state index is 13.7. The van der Waals surface area contributed by atoms with Gasteiger partial charge in [-0.15, -0.1) is 0 Å². The number of rotatable bonds is 10. The van der Waals surface area contributed by atoms with Gasteiger partial charge >= 0.3 is 0 Å². The third kappa shape index (κ3) is 5.91. The fourth-order valence-corrected chi connectivity index (χ4v) is 5.49. The van der Waals surface area contributed by atoms with E-state index in [4.69, 9.17) is 4.74 Å². The van der Waals surface area contributed by atoms with E-state index in [2.05, 4.69) is 10.3 Å². The molecule has 202 valence electrons. The molecule has 0 bridgehead atoms. The van der Waals surface area contributed by atoms with Crippen molar-refractivity contribution >= 4 is 27.3 Å². The van der Waals surface area contributed by atoms with Gasteiger partial charge in [-0.25, -0.2) is 13.4 Å². The standard InChI is InChI=1S/C27H27N5O6S/c1-19-8-13-24(16-26(19)32(34)35)39(36,37)31(22-9-11-23(38-3)12-10-22)18-27(33)29-17-21-6-4-5-7-25(21)30-15-14-28-20(30)2/h4-16H,17-18H2,1-3H3,(H,29,33). The number of aryl methyl sites for hydroxylation is 2. The Morgan fingerprint density at radius 2 is 1.82 bits per heavy atom. The second kappa shape index (κ2) is 11.4. The molecule has 1 N–H and O–H groups in total. The van der Waals surface area contributed by atoms with Gasteiger partial charge in [0.25, 0.3) is 15.7 Å². The lowest BCUT2D eigenvalue weighted by atomic mass is 10.1. The fourth-order valence-electron chi connectivity index (χ4n) is 4.05. The first-order valence-electron chi connectivity index (χ1n) is 11.9. The SMILES string of the molecule is COc1ccc(N(CC(=O)NCc2ccccc2-n2ccnc2C)S(=O)(=O)c2ccc(C)c([N+](=O)[O-])c2)cc1. The molecule has 0 atom stereocenters. The van der Waals surface area contributed by atoms with Crippen LogP contribution in [-0.4, -0.2) is 42.5 Å². The van der Waals surface area contributed by atoms with Crippen LogP contribution in [0.3, 0.4) is 0 Å². The summed E-state index contributed by atoms with van der Waals surface area (Å²) in [5.41, 5.74) is 1.82. The van der Waals surface area contributed by atoms with Crippen molar-refractivity contribution in [2.75, 3.05) is 18.0 Å². The molecule has 39 heavy (non-hydrogen) atoms. The summed E-state index contributed by atoms with van der Waals surface area (Å²) >= 11 is 0. The van der Waals surface area contributed by atoms with Gasteiger partial charge in [0, 0.05) is 30.6 Å². The number of para-hydroxylation sites is 1. The lowest BCUT2D eigenvalue weighted by Gasteiger charge is -2.24. The van der Waals surface area contributed by atoms with Gasteiger partial charge in [0.1, 0.15) is 18.1 Å². The van der Waals surface area contributed by atoms with Crippen molar-refractivity contribution in [2.24, 2.45) is 0 Å². The van der Waals surface area contributed by atoms with Gasteiger partial charge in [0.2, 0.25) is 5.91 Å². The molecule has 0 saturated carbocycles. The van der Waals surface area contributed by atoms with Gasteiger partial charge < -0.3 is 14.6 Å². The number of methoxy groups -OCH3 is 1. The molecule has 0 fully saturated rings. The normalized spacial score (nSPS) is 11.2. The second-order valence-corrected chi connectivity index (χ2v) is 10.5. The summed E-state index contributed by atoms with van der Waals surface area (Å²) in [6.07, 6.45) is 3.49. The first-order valence-corrected chi connectivity index (χ1v) is 13.3. The van der Waals surface area contributed by atoms with Crippen molar-refractivity contribution in [3.05, 3.63) is 106 Å². The number of nitro groups is 1.